The average molecular weight is 234 g/mol. The molecule has 13 heavy (non-hydrogen) atoms. The molecule has 0 amide bonds. The Bertz CT molecular complexity index is 271. The van der Waals surface area contributed by atoms with Gasteiger partial charge in [0.15, 0.2) is 0 Å². The maximum absolute atomic E-state index is 11.9. The molecule has 0 atom stereocenters. The number of hydrogen-bond acceptors (Lipinski definition) is 2. The van der Waals surface area contributed by atoms with E-state index in [4.69, 9.17) is 11.6 Å². The van der Waals surface area contributed by atoms with Gasteiger partial charge in [0.25, 0.3) is 10.0 Å². The van der Waals surface area contributed by atoms with Crippen molar-refractivity contribution in [3.8, 4) is 0 Å². The summed E-state index contributed by atoms with van der Waals surface area (Å²) in [7, 11) is -4.50. The second kappa shape index (κ2) is 3.67. The lowest BCUT2D eigenvalue weighted by molar-refractivity contribution is 0.211. The van der Waals surface area contributed by atoms with Crippen LogP contribution in [0.3, 0.4) is 0 Å². The van der Waals surface area contributed by atoms with E-state index >= 15 is 0 Å². The summed E-state index contributed by atoms with van der Waals surface area (Å²) in [6, 6.07) is 0. The van der Waals surface area contributed by atoms with Crippen LogP contribution in [0.4, 0.5) is 8.78 Å². The Hall–Kier alpha value is 0.0600. The van der Waals surface area contributed by atoms with Crippen molar-refractivity contribution in [1.29, 1.82) is 0 Å². The Kier molecular flexibility index (Phi) is 3.14. The monoisotopic (exact) mass is 233 g/mol. The number of nitrogens with one attached hydrogen (secondary N) is 1. The molecule has 0 unspecified atom stereocenters. The predicted octanol–water partition coefficient (Wildman–Crippen LogP) is 1.29. The average Bonchev–Trinajstić information content (AvgIpc) is 1.96. The molecule has 0 saturated heterocycles. The highest BCUT2D eigenvalue weighted by Crippen LogP contribution is 2.34. The SMILES string of the molecule is O=S(=O)(NC1(CCl)CCC1)C(F)F. The van der Waals surface area contributed by atoms with Crippen molar-refractivity contribution >= 4 is 21.6 Å². The first-order valence-corrected chi connectivity index (χ1v) is 5.87. The standard InChI is InChI=1S/C6H10ClF2NO2S/c7-4-6(2-1-3-6)10-13(11,12)5(8)9/h5,10H,1-4H2. The lowest BCUT2D eigenvalue weighted by Gasteiger charge is -2.40. The summed E-state index contributed by atoms with van der Waals surface area (Å²) in [4.78, 5) is 0. The van der Waals surface area contributed by atoms with Crippen molar-refractivity contribution in [2.75, 3.05) is 5.88 Å². The van der Waals surface area contributed by atoms with E-state index in [9.17, 15) is 17.2 Å². The maximum Gasteiger partial charge on any atom is 0.350 e. The third-order valence-corrected chi connectivity index (χ3v) is 3.86. The highest BCUT2D eigenvalue weighted by molar-refractivity contribution is 7.89. The minimum Gasteiger partial charge on any atom is -0.206 e. The molecule has 3 nitrogen and oxygen atoms in total. The Labute approximate surface area is 80.5 Å². The summed E-state index contributed by atoms with van der Waals surface area (Å²) in [5, 5.41) is 0. The summed E-state index contributed by atoms with van der Waals surface area (Å²) in [5.41, 5.74) is -0.823. The predicted molar refractivity (Wildman–Crippen MR) is 45.4 cm³/mol. The van der Waals surface area contributed by atoms with Crippen LogP contribution in [0.5, 0.6) is 0 Å². The summed E-state index contributed by atoms with van der Waals surface area (Å²) < 4.78 is 47.4. The smallest absolute Gasteiger partial charge is 0.206 e. The zero-order valence-corrected chi connectivity index (χ0v) is 8.34. The Morgan fingerprint density at radius 3 is 2.23 bits per heavy atom. The van der Waals surface area contributed by atoms with Crippen LogP contribution in [0.2, 0.25) is 0 Å². The van der Waals surface area contributed by atoms with Crippen LogP contribution in [0.15, 0.2) is 0 Å². The molecular formula is C6H10ClF2NO2S. The minimum atomic E-state index is -4.50. The zero-order chi connectivity index (χ0) is 10.1. The lowest BCUT2D eigenvalue weighted by Crippen LogP contribution is -2.56. The van der Waals surface area contributed by atoms with Crippen LogP contribution in [-0.4, -0.2) is 25.6 Å². The molecule has 7 heteroatoms. The largest absolute Gasteiger partial charge is 0.350 e. The van der Waals surface area contributed by atoms with Crippen molar-refractivity contribution in [3.63, 3.8) is 0 Å². The minimum absolute atomic E-state index is 0.0406. The molecule has 1 N–H and O–H groups in total. The van der Waals surface area contributed by atoms with Gasteiger partial charge >= 0.3 is 5.76 Å². The summed E-state index contributed by atoms with van der Waals surface area (Å²) in [6.45, 7) is 0. The fraction of sp³-hybridized carbons (Fsp3) is 1.00. The van der Waals surface area contributed by atoms with Gasteiger partial charge in [0.2, 0.25) is 0 Å². The van der Waals surface area contributed by atoms with Gasteiger partial charge in [-0.3, -0.25) is 0 Å². The van der Waals surface area contributed by atoms with Gasteiger partial charge in [0.05, 0.1) is 0 Å². The van der Waals surface area contributed by atoms with E-state index in [1.54, 1.807) is 0 Å². The van der Waals surface area contributed by atoms with E-state index in [0.717, 1.165) is 6.42 Å². The lowest BCUT2D eigenvalue weighted by atomic mass is 9.79. The van der Waals surface area contributed by atoms with E-state index in [2.05, 4.69) is 0 Å². The van der Waals surface area contributed by atoms with Gasteiger partial charge < -0.3 is 0 Å². The molecule has 1 rings (SSSR count). The molecule has 1 fully saturated rings. The normalized spacial score (nSPS) is 21.5. The van der Waals surface area contributed by atoms with Crippen molar-refractivity contribution in [1.82, 2.24) is 4.72 Å². The van der Waals surface area contributed by atoms with Gasteiger partial charge in [-0.1, -0.05) is 0 Å². The first-order chi connectivity index (χ1) is 5.92. The summed E-state index contributed by atoms with van der Waals surface area (Å²) in [6.07, 6.45) is 1.88. The van der Waals surface area contributed by atoms with E-state index in [0.29, 0.717) is 12.8 Å². The van der Waals surface area contributed by atoms with Crippen LogP contribution in [0, 0.1) is 0 Å². The van der Waals surface area contributed by atoms with Crippen LogP contribution < -0.4 is 4.72 Å². The fourth-order valence-corrected chi connectivity index (χ4v) is 2.60. The van der Waals surface area contributed by atoms with Crippen LogP contribution in [-0.2, 0) is 10.0 Å². The van der Waals surface area contributed by atoms with Gasteiger partial charge in [-0.25, -0.2) is 13.1 Å². The van der Waals surface area contributed by atoms with E-state index in [1.165, 1.54) is 0 Å². The summed E-state index contributed by atoms with van der Waals surface area (Å²) in [5.74, 6) is -3.34. The summed E-state index contributed by atoms with van der Waals surface area (Å²) >= 11 is 5.50. The van der Waals surface area contributed by atoms with E-state index < -0.39 is 21.3 Å². The molecular weight excluding hydrogens is 224 g/mol. The molecule has 0 spiro atoms. The molecule has 0 aromatic rings. The van der Waals surface area contributed by atoms with Crippen LogP contribution in [0.1, 0.15) is 19.3 Å². The van der Waals surface area contributed by atoms with Crippen molar-refractivity contribution < 1.29 is 17.2 Å². The van der Waals surface area contributed by atoms with Gasteiger partial charge in [0, 0.05) is 11.4 Å². The van der Waals surface area contributed by atoms with E-state index in [-0.39, 0.29) is 5.88 Å². The number of halogens is 3. The molecule has 1 aliphatic carbocycles. The molecule has 78 valence electrons. The first-order valence-electron chi connectivity index (χ1n) is 3.79. The van der Waals surface area contributed by atoms with Crippen LogP contribution >= 0.6 is 11.6 Å². The molecule has 1 aliphatic rings. The Balaban J connectivity index is 2.67. The first kappa shape index (κ1) is 11.1. The second-order valence-corrected chi connectivity index (χ2v) is 5.09. The van der Waals surface area contributed by atoms with Crippen molar-refractivity contribution in [2.45, 2.75) is 30.6 Å². The number of rotatable bonds is 4. The molecule has 0 heterocycles. The number of alkyl halides is 3. The quantitative estimate of drug-likeness (QED) is 0.744. The molecule has 0 radical (unpaired) electrons. The molecule has 1 saturated carbocycles. The Morgan fingerprint density at radius 2 is 2.00 bits per heavy atom. The Morgan fingerprint density at radius 1 is 1.46 bits per heavy atom. The van der Waals surface area contributed by atoms with Crippen molar-refractivity contribution in [2.24, 2.45) is 0 Å². The topological polar surface area (TPSA) is 46.2 Å². The molecule has 0 aromatic carbocycles. The maximum atomic E-state index is 11.9. The third-order valence-electron chi connectivity index (χ3n) is 2.16. The third kappa shape index (κ3) is 2.30. The van der Waals surface area contributed by atoms with E-state index in [1.807, 2.05) is 4.72 Å². The zero-order valence-electron chi connectivity index (χ0n) is 6.76. The number of hydrogen-bond donors (Lipinski definition) is 1. The van der Waals surface area contributed by atoms with Gasteiger partial charge in [-0.05, 0) is 19.3 Å². The van der Waals surface area contributed by atoms with Crippen LogP contribution in [0.25, 0.3) is 0 Å². The van der Waals surface area contributed by atoms with Gasteiger partial charge in [-0.2, -0.15) is 8.78 Å². The van der Waals surface area contributed by atoms with Crippen molar-refractivity contribution in [3.05, 3.63) is 0 Å². The molecule has 0 aliphatic heterocycles. The highest BCUT2D eigenvalue weighted by atomic mass is 35.5. The molecule has 0 bridgehead atoms. The van der Waals surface area contributed by atoms with Gasteiger partial charge in [0.1, 0.15) is 0 Å². The fourth-order valence-electron chi connectivity index (χ4n) is 1.21. The van der Waals surface area contributed by atoms with Gasteiger partial charge in [-0.15, -0.1) is 11.6 Å². The molecule has 0 aromatic heterocycles. The second-order valence-electron chi connectivity index (χ2n) is 3.18. The highest BCUT2D eigenvalue weighted by Gasteiger charge is 2.42. The number of sulfonamides is 1.